The average Bonchev–Trinajstić information content (AvgIpc) is 1.53. The lowest BCUT2D eigenvalue weighted by atomic mass is 9.82. The minimum absolute atomic E-state index is 0.0899. The van der Waals surface area contributed by atoms with Gasteiger partial charge in [0.1, 0.15) is 0 Å². The molecule has 21 aromatic carbocycles. The molecule has 5 aliphatic heterocycles. The van der Waals surface area contributed by atoms with Gasteiger partial charge in [0.2, 0.25) is 0 Å². The fraction of sp³-hybridized carbons (Fsp3) is 0.0455. The summed E-state index contributed by atoms with van der Waals surface area (Å²) in [7, 11) is 0. The fourth-order valence-corrected chi connectivity index (χ4v) is 21.4. The van der Waals surface area contributed by atoms with Crippen LogP contribution in [0.3, 0.4) is 0 Å². The summed E-state index contributed by atoms with van der Waals surface area (Å²) in [6.45, 7) is 9.36. The van der Waals surface area contributed by atoms with Gasteiger partial charge in [-0.3, -0.25) is 0 Å². The molecule has 0 N–H and O–H groups in total. The Labute approximate surface area is 844 Å². The first-order valence-electron chi connectivity index (χ1n) is 49.1. The van der Waals surface area contributed by atoms with Crippen molar-refractivity contribution in [3.8, 4) is 176 Å². The lowest BCUT2D eigenvalue weighted by molar-refractivity contribution is 0.359. The van der Waals surface area contributed by atoms with Gasteiger partial charge in [0.05, 0.1) is 28.1 Å². The van der Waals surface area contributed by atoms with Gasteiger partial charge in [-0.2, -0.15) is 0 Å². The molecule has 0 bridgehead atoms. The van der Waals surface area contributed by atoms with E-state index in [1.54, 1.807) is 0 Å². The zero-order valence-electron chi connectivity index (χ0n) is 79.9. The van der Waals surface area contributed by atoms with E-state index >= 15 is 0 Å². The molecule has 14 nitrogen and oxygen atoms in total. The number of benzene rings is 21. The van der Waals surface area contributed by atoms with Gasteiger partial charge >= 0.3 is 0 Å². The van der Waals surface area contributed by atoms with Crippen LogP contribution in [0.2, 0.25) is 0 Å². The van der Waals surface area contributed by atoms with Crippen molar-refractivity contribution in [1.82, 2.24) is 4.57 Å². The molecule has 0 radical (unpaired) electrons. The minimum atomic E-state index is -0.122. The van der Waals surface area contributed by atoms with E-state index in [9.17, 15) is 0 Å². The first kappa shape index (κ1) is 86.0. The molecule has 146 heavy (non-hydrogen) atoms. The number of fused-ring (bicyclic) bond motifs is 19. The second kappa shape index (κ2) is 35.0. The Bertz CT molecular complexity index is 8730. The molecule has 1 aromatic heterocycles. The quantitative estimate of drug-likeness (QED) is 0.109. The lowest BCUT2D eigenvalue weighted by Crippen LogP contribution is -2.16. The predicted molar refractivity (Wildman–Crippen MR) is 582 cm³/mol. The van der Waals surface area contributed by atoms with Crippen LogP contribution >= 0.6 is 0 Å². The number of nitrogens with zero attached hydrogens (tertiary/aromatic N) is 4. The van der Waals surface area contributed by atoms with E-state index < -0.39 is 0 Å². The molecule has 0 saturated heterocycles. The van der Waals surface area contributed by atoms with Gasteiger partial charge in [-0.1, -0.05) is 264 Å². The molecular weight excluding hydrogens is 1800 g/mol. The summed E-state index contributed by atoms with van der Waals surface area (Å²) in [6.07, 6.45) is 0. The van der Waals surface area contributed by atoms with Crippen LogP contribution in [0.4, 0.5) is 51.2 Å². The molecule has 0 unspecified atom stereocenters. The van der Waals surface area contributed by atoms with Crippen molar-refractivity contribution in [1.29, 1.82) is 0 Å². The molecule has 7 aliphatic rings. The summed E-state index contributed by atoms with van der Waals surface area (Å²) >= 11 is 0. The number of hydrogen-bond acceptors (Lipinski definition) is 13. The summed E-state index contributed by atoms with van der Waals surface area (Å²) in [5.41, 5.74) is 29.9. The van der Waals surface area contributed by atoms with E-state index in [-0.39, 0.29) is 10.8 Å². The zero-order chi connectivity index (χ0) is 97.2. The monoisotopic (exact) mass is 1890 g/mol. The van der Waals surface area contributed by atoms with Gasteiger partial charge in [0, 0.05) is 79.6 Å². The summed E-state index contributed by atoms with van der Waals surface area (Å²) in [5.74, 6) is 13.6. The highest BCUT2D eigenvalue weighted by Crippen LogP contribution is 2.59. The highest BCUT2D eigenvalue weighted by Gasteiger charge is 2.39. The molecule has 22 aromatic rings. The first-order chi connectivity index (χ1) is 71.8. The highest BCUT2D eigenvalue weighted by atomic mass is 16.6. The second-order valence-electron chi connectivity index (χ2n) is 38.2. The van der Waals surface area contributed by atoms with Crippen LogP contribution in [0.5, 0.6) is 115 Å². The molecule has 2 aliphatic carbocycles. The third kappa shape index (κ3) is 15.2. The van der Waals surface area contributed by atoms with E-state index in [1.165, 1.54) is 77.4 Å². The molecule has 29 rings (SSSR count). The Morgan fingerprint density at radius 3 is 0.788 bits per heavy atom. The highest BCUT2D eigenvalue weighted by molar-refractivity contribution is 6.11. The van der Waals surface area contributed by atoms with Crippen LogP contribution in [0, 0.1) is 0 Å². The first-order valence-corrected chi connectivity index (χ1v) is 49.1. The van der Waals surface area contributed by atoms with Gasteiger partial charge in [-0.05, 0) is 296 Å². The topological polar surface area (TPSA) is 107 Å². The Kier molecular flexibility index (Phi) is 20.6. The van der Waals surface area contributed by atoms with Crippen molar-refractivity contribution in [2.45, 2.75) is 38.5 Å². The molecular formula is C132H90N4O10. The zero-order valence-corrected chi connectivity index (χ0v) is 79.9. The van der Waals surface area contributed by atoms with Crippen molar-refractivity contribution in [3.63, 3.8) is 0 Å². The van der Waals surface area contributed by atoms with Crippen molar-refractivity contribution in [2.75, 3.05) is 14.7 Å². The van der Waals surface area contributed by atoms with Crippen molar-refractivity contribution >= 4 is 73.0 Å². The smallest absolute Gasteiger partial charge is 0.172 e. The van der Waals surface area contributed by atoms with Gasteiger partial charge in [0.25, 0.3) is 0 Å². The Balaban J connectivity index is 0.000000109. The maximum Gasteiger partial charge on any atom is 0.172 e. The van der Waals surface area contributed by atoms with E-state index in [1.807, 2.05) is 188 Å². The fourth-order valence-electron chi connectivity index (χ4n) is 21.4. The maximum atomic E-state index is 6.26. The van der Waals surface area contributed by atoms with Crippen LogP contribution in [-0.4, -0.2) is 4.57 Å². The number of rotatable bonds is 13. The Hall–Kier alpha value is -19.2. The van der Waals surface area contributed by atoms with Gasteiger partial charge in [0.15, 0.2) is 115 Å². The normalized spacial score (nSPS) is 13.2. The van der Waals surface area contributed by atoms with Crippen LogP contribution in [0.1, 0.15) is 49.9 Å². The molecule has 698 valence electrons. The largest absolute Gasteiger partial charge is 0.450 e. The van der Waals surface area contributed by atoms with Crippen LogP contribution in [0.25, 0.3) is 83.1 Å². The maximum absolute atomic E-state index is 6.26. The summed E-state index contributed by atoms with van der Waals surface area (Å²) in [4.78, 5) is 6.86. The minimum Gasteiger partial charge on any atom is -0.450 e. The SMILES string of the molecule is CC1(C)c2ccccc2-c2ccc(N(c3ccc(-c4ccc5c(c4)Oc4ccccc4O5)cc3)c3ccc4c(c3)c3ccccc3n4-c3ccccc3)cc21.CC1(C)c2ccccc2-c2ccc(N(c3ccc(-c4ccccc4)cc3)c3ccc(-c4ccc5c(c4)Oc4ccccc4O5)cc3)cc21.c1ccc2c(c1)Oc1ccc(N(c3ccc4c(c3)Oc3ccccc3O4)c3ccc4c(c3)Oc3ccccc3O4)cc1O2. The van der Waals surface area contributed by atoms with Crippen LogP contribution < -0.4 is 62.1 Å². The van der Waals surface area contributed by atoms with Gasteiger partial charge in [-0.25, -0.2) is 0 Å². The average molecular weight is 1890 g/mol. The standard InChI is InChI=1S/C51H36N2O2.C45H33NO2.C36H21NO6/c1-51(2)43-16-8-6-14-39(43)40-27-25-38(32-44(40)51)52(37-26-28-46-42(31-37)41-15-7-9-17-45(41)53(46)35-12-4-3-5-13-35)36-23-20-33(21-24-36)34-22-29-49-50(30-34)55-48-19-11-10-18-47(48)54-49;1-45(2)39-13-7-6-12-37(39)38-26-25-36(29-40(38)45)46(34-21-16-31(17-22-34)30-10-4-3-5-11-30)35-23-18-32(19-24-35)33-20-27-43-44(28-33)48-42-15-9-8-14-41(42)47-43;1-4-10-28-25(7-1)38-31-16-13-22(19-34(31)41-28)37(23-14-17-32-35(20-23)42-29-11-5-2-8-26(29)39-32)24-15-18-33-36(21-24)43-30-12-6-3-9-27(30)40-33/h3-32H,1-2H3;3-29H,1-2H3;1-21H. The molecule has 0 saturated carbocycles. The van der Waals surface area contributed by atoms with E-state index in [4.69, 9.17) is 47.4 Å². The third-order valence-electron chi connectivity index (χ3n) is 28.6. The molecule has 14 heteroatoms. The van der Waals surface area contributed by atoms with E-state index in [0.717, 1.165) is 119 Å². The summed E-state index contributed by atoms with van der Waals surface area (Å²) < 4.78 is 64.2. The lowest BCUT2D eigenvalue weighted by Gasteiger charge is -2.30. The molecule has 0 fully saturated rings. The van der Waals surface area contributed by atoms with Gasteiger partial charge in [-0.15, -0.1) is 0 Å². The number of aromatic nitrogens is 1. The van der Waals surface area contributed by atoms with Crippen molar-refractivity contribution in [2.24, 2.45) is 0 Å². The second-order valence-corrected chi connectivity index (χ2v) is 38.2. The molecule has 0 spiro atoms. The predicted octanol–water partition coefficient (Wildman–Crippen LogP) is 37.7. The third-order valence-corrected chi connectivity index (χ3v) is 28.6. The molecule has 0 amide bonds. The van der Waals surface area contributed by atoms with Crippen molar-refractivity contribution < 1.29 is 47.4 Å². The molecule has 6 heterocycles. The number of para-hydroxylation sites is 12. The van der Waals surface area contributed by atoms with E-state index in [0.29, 0.717) is 74.7 Å². The van der Waals surface area contributed by atoms with Crippen LogP contribution in [0.15, 0.2) is 473 Å². The van der Waals surface area contributed by atoms with Crippen LogP contribution in [-0.2, 0) is 10.8 Å². The summed E-state index contributed by atoms with van der Waals surface area (Å²) in [5, 5.41) is 2.44. The van der Waals surface area contributed by atoms with Crippen molar-refractivity contribution in [3.05, 3.63) is 495 Å². The number of ether oxygens (including phenoxy) is 10. The summed E-state index contributed by atoms with van der Waals surface area (Å²) in [6, 6.07) is 163. The Morgan fingerprint density at radius 1 is 0.158 bits per heavy atom. The number of hydrogen-bond donors (Lipinski definition) is 0. The molecule has 0 atom stereocenters. The number of anilines is 9. The van der Waals surface area contributed by atoms with Gasteiger partial charge < -0.3 is 66.6 Å². The Morgan fingerprint density at radius 2 is 0.397 bits per heavy atom. The van der Waals surface area contributed by atoms with E-state index in [2.05, 4.69) is 332 Å².